The van der Waals surface area contributed by atoms with Gasteiger partial charge in [-0.1, -0.05) is 30.4 Å². The maximum atomic E-state index is 13.3. The van der Waals surface area contributed by atoms with Crippen molar-refractivity contribution in [3.8, 4) is 11.4 Å². The normalized spacial score (nSPS) is 11.9. The molecule has 6 nitrogen and oxygen atoms in total. The number of halogens is 3. The third-order valence-corrected chi connectivity index (χ3v) is 4.30. The molecule has 0 aliphatic heterocycles. The van der Waals surface area contributed by atoms with Gasteiger partial charge in [0.05, 0.1) is 11.3 Å². The van der Waals surface area contributed by atoms with E-state index in [4.69, 9.17) is 4.74 Å². The molecule has 1 heterocycles. The van der Waals surface area contributed by atoms with E-state index in [0.29, 0.717) is 22.4 Å². The van der Waals surface area contributed by atoms with Gasteiger partial charge in [0, 0.05) is 12.6 Å². The number of alkyl halides is 3. The topological polar surface area (TPSA) is 61.9 Å². The number of tetrazole rings is 1. The van der Waals surface area contributed by atoms with Gasteiger partial charge in [0.1, 0.15) is 12.4 Å². The summed E-state index contributed by atoms with van der Waals surface area (Å²) in [6.45, 7) is 3.31. The maximum absolute atomic E-state index is 13.3. The fourth-order valence-electron chi connectivity index (χ4n) is 2.88. The predicted octanol–water partition coefficient (Wildman–Crippen LogP) is 3.91. The van der Waals surface area contributed by atoms with Crippen LogP contribution < -0.4 is 10.4 Å². The minimum Gasteiger partial charge on any atom is -0.488 e. The highest BCUT2D eigenvalue weighted by Gasteiger charge is 2.34. The maximum Gasteiger partial charge on any atom is 0.419 e. The molecule has 29 heavy (non-hydrogen) atoms. The first-order valence-electron chi connectivity index (χ1n) is 8.77. The summed E-state index contributed by atoms with van der Waals surface area (Å²) >= 11 is 0. The van der Waals surface area contributed by atoms with E-state index in [1.807, 2.05) is 6.92 Å². The summed E-state index contributed by atoms with van der Waals surface area (Å²) in [6.07, 6.45) is -0.975. The van der Waals surface area contributed by atoms with Crippen molar-refractivity contribution in [1.29, 1.82) is 0 Å². The Bertz CT molecular complexity index is 1110. The molecular formula is C20H19F3N4O2. The molecule has 0 saturated heterocycles. The van der Waals surface area contributed by atoms with E-state index in [1.54, 1.807) is 37.3 Å². The van der Waals surface area contributed by atoms with Crippen molar-refractivity contribution in [3.05, 3.63) is 75.2 Å². The molecule has 0 amide bonds. The summed E-state index contributed by atoms with van der Waals surface area (Å²) in [5.41, 5.74) is 0.909. The Morgan fingerprint density at radius 3 is 2.55 bits per heavy atom. The van der Waals surface area contributed by atoms with Gasteiger partial charge in [0.15, 0.2) is 0 Å². The summed E-state index contributed by atoms with van der Waals surface area (Å²) in [5, 5.41) is 7.53. The van der Waals surface area contributed by atoms with Crippen LogP contribution in [-0.2, 0) is 19.8 Å². The van der Waals surface area contributed by atoms with Crippen LogP contribution in [0.1, 0.15) is 29.2 Å². The summed E-state index contributed by atoms with van der Waals surface area (Å²) < 4.78 is 47.8. The van der Waals surface area contributed by atoms with Crippen molar-refractivity contribution in [2.75, 3.05) is 0 Å². The van der Waals surface area contributed by atoms with Gasteiger partial charge in [-0.05, 0) is 53.6 Å². The number of hydrogen-bond acceptors (Lipinski definition) is 4. The van der Waals surface area contributed by atoms with Crippen LogP contribution in [0.4, 0.5) is 13.2 Å². The molecule has 1 aromatic heterocycles. The van der Waals surface area contributed by atoms with Gasteiger partial charge in [-0.2, -0.15) is 22.5 Å². The highest BCUT2D eigenvalue weighted by Crippen LogP contribution is 2.37. The Kier molecular flexibility index (Phi) is 5.58. The number of rotatable bonds is 5. The van der Waals surface area contributed by atoms with Crippen molar-refractivity contribution in [1.82, 2.24) is 19.8 Å². The van der Waals surface area contributed by atoms with Crippen molar-refractivity contribution < 1.29 is 17.9 Å². The van der Waals surface area contributed by atoms with E-state index < -0.39 is 17.4 Å². The highest BCUT2D eigenvalue weighted by atomic mass is 19.4. The van der Waals surface area contributed by atoms with E-state index in [9.17, 15) is 18.0 Å². The average molecular weight is 404 g/mol. The van der Waals surface area contributed by atoms with Crippen LogP contribution in [0.15, 0.2) is 47.3 Å². The molecule has 0 fully saturated rings. The van der Waals surface area contributed by atoms with Crippen LogP contribution in [0.3, 0.4) is 0 Å². The molecule has 0 unspecified atom stereocenters. The van der Waals surface area contributed by atoms with Crippen molar-refractivity contribution in [2.45, 2.75) is 26.6 Å². The van der Waals surface area contributed by atoms with Crippen molar-refractivity contribution in [3.63, 3.8) is 0 Å². The zero-order valence-electron chi connectivity index (χ0n) is 16.1. The SMILES string of the molecule is C/C=C/c1cccc(-n2nnn(C)c2=O)c1COc1cc(C)ccc1C(F)(F)F. The van der Waals surface area contributed by atoms with Crippen LogP contribution in [-0.4, -0.2) is 19.8 Å². The van der Waals surface area contributed by atoms with Crippen LogP contribution >= 0.6 is 0 Å². The lowest BCUT2D eigenvalue weighted by Gasteiger charge is -2.17. The molecule has 0 spiro atoms. The first kappa shape index (κ1) is 20.4. The number of hydrogen-bond donors (Lipinski definition) is 0. The minimum absolute atomic E-state index is 0.189. The molecule has 152 valence electrons. The van der Waals surface area contributed by atoms with Gasteiger partial charge in [-0.3, -0.25) is 0 Å². The molecule has 0 atom stereocenters. The Morgan fingerprint density at radius 1 is 1.17 bits per heavy atom. The molecule has 0 aliphatic carbocycles. The van der Waals surface area contributed by atoms with E-state index in [-0.39, 0.29) is 12.4 Å². The standard InChI is InChI=1S/C20H19F3N4O2/c1-4-6-14-7-5-8-17(27-19(28)26(3)24-25-27)15(14)12-29-18-11-13(2)9-10-16(18)20(21,22)23/h4-11H,12H2,1-3H3/b6-4+. The molecule has 0 radical (unpaired) electrons. The van der Waals surface area contributed by atoms with E-state index >= 15 is 0 Å². The van der Waals surface area contributed by atoms with Gasteiger partial charge in [-0.15, -0.1) is 0 Å². The van der Waals surface area contributed by atoms with Gasteiger partial charge >= 0.3 is 11.9 Å². The quantitative estimate of drug-likeness (QED) is 0.647. The van der Waals surface area contributed by atoms with E-state index in [0.717, 1.165) is 15.4 Å². The minimum atomic E-state index is -4.55. The Hall–Kier alpha value is -3.36. The molecule has 0 N–H and O–H groups in total. The molecule has 0 aliphatic rings. The van der Waals surface area contributed by atoms with Crippen LogP contribution in [0.2, 0.25) is 0 Å². The van der Waals surface area contributed by atoms with Crippen LogP contribution in [0, 0.1) is 6.92 Å². The summed E-state index contributed by atoms with van der Waals surface area (Å²) in [4.78, 5) is 12.3. The lowest BCUT2D eigenvalue weighted by atomic mass is 10.0. The molecular weight excluding hydrogens is 385 g/mol. The fourth-order valence-corrected chi connectivity index (χ4v) is 2.88. The third kappa shape index (κ3) is 4.23. The van der Waals surface area contributed by atoms with E-state index in [2.05, 4.69) is 10.4 Å². The molecule has 3 rings (SSSR count). The van der Waals surface area contributed by atoms with Crippen molar-refractivity contribution >= 4 is 6.08 Å². The third-order valence-electron chi connectivity index (χ3n) is 4.30. The zero-order chi connectivity index (χ0) is 21.2. The van der Waals surface area contributed by atoms with Crippen LogP contribution in [0.25, 0.3) is 11.8 Å². The van der Waals surface area contributed by atoms with Gasteiger partial charge < -0.3 is 4.74 Å². The lowest BCUT2D eigenvalue weighted by molar-refractivity contribution is -0.139. The Balaban J connectivity index is 2.07. The molecule has 0 saturated carbocycles. The molecule has 9 heteroatoms. The second-order valence-electron chi connectivity index (χ2n) is 6.43. The highest BCUT2D eigenvalue weighted by molar-refractivity contribution is 5.59. The van der Waals surface area contributed by atoms with Crippen LogP contribution in [0.5, 0.6) is 5.75 Å². The molecule has 3 aromatic rings. The first-order chi connectivity index (χ1) is 13.7. The Labute approximate surface area is 164 Å². The second kappa shape index (κ2) is 7.94. The summed E-state index contributed by atoms with van der Waals surface area (Å²) in [5.74, 6) is -0.273. The van der Waals surface area contributed by atoms with Gasteiger partial charge in [0.2, 0.25) is 0 Å². The molecule has 0 bridgehead atoms. The lowest BCUT2D eigenvalue weighted by Crippen LogP contribution is -2.23. The van der Waals surface area contributed by atoms with Gasteiger partial charge in [0.25, 0.3) is 0 Å². The van der Waals surface area contributed by atoms with E-state index in [1.165, 1.54) is 19.2 Å². The number of benzene rings is 2. The summed E-state index contributed by atoms with van der Waals surface area (Å²) in [6, 6.07) is 8.87. The number of nitrogens with zero attached hydrogens (tertiary/aromatic N) is 4. The fraction of sp³-hybridized carbons (Fsp3) is 0.250. The second-order valence-corrected chi connectivity index (χ2v) is 6.43. The van der Waals surface area contributed by atoms with Crippen molar-refractivity contribution in [2.24, 2.45) is 7.05 Å². The number of aryl methyl sites for hydroxylation is 2. The predicted molar refractivity (Wildman–Crippen MR) is 102 cm³/mol. The number of aromatic nitrogens is 4. The smallest absolute Gasteiger partial charge is 0.419 e. The first-order valence-corrected chi connectivity index (χ1v) is 8.77. The Morgan fingerprint density at radius 2 is 1.93 bits per heavy atom. The summed E-state index contributed by atoms with van der Waals surface area (Å²) in [7, 11) is 1.46. The zero-order valence-corrected chi connectivity index (χ0v) is 16.1. The molecule has 2 aromatic carbocycles. The largest absolute Gasteiger partial charge is 0.488 e. The number of allylic oxidation sites excluding steroid dienone is 1. The average Bonchev–Trinajstić information content (AvgIpc) is 2.98. The monoisotopic (exact) mass is 404 g/mol. The number of ether oxygens (including phenoxy) is 1. The van der Waals surface area contributed by atoms with Gasteiger partial charge in [-0.25, -0.2) is 4.79 Å².